The molecule has 0 aliphatic rings. The number of benzene rings is 2. The third-order valence-electron chi connectivity index (χ3n) is 12.2. The molecule has 0 saturated heterocycles. The number of primary amides is 2. The highest BCUT2D eigenvalue weighted by atomic mass is 16.4. The molecule has 0 aromatic heterocycles. The highest BCUT2D eigenvalue weighted by Crippen LogP contribution is 2.16. The van der Waals surface area contributed by atoms with E-state index in [2.05, 4.69) is 42.5 Å². The van der Waals surface area contributed by atoms with Gasteiger partial charge in [0.25, 0.3) is 0 Å². The van der Waals surface area contributed by atoms with Crippen molar-refractivity contribution in [3.05, 3.63) is 59.7 Å². The molecule has 0 aliphatic carbocycles. The summed E-state index contributed by atoms with van der Waals surface area (Å²) in [6, 6.07) is -0.981. The van der Waals surface area contributed by atoms with Crippen molar-refractivity contribution in [1.29, 1.82) is 0 Å². The summed E-state index contributed by atoms with van der Waals surface area (Å²) in [7, 11) is 0. The highest BCUT2D eigenvalue weighted by Gasteiger charge is 2.36. The fourth-order valence-electron chi connectivity index (χ4n) is 7.70. The van der Waals surface area contributed by atoms with Crippen LogP contribution in [0.1, 0.15) is 96.6 Å². The molecule has 0 radical (unpaired) electrons. The second-order valence-corrected chi connectivity index (χ2v) is 19.4. The molecular formula is C51H76N12O16. The van der Waals surface area contributed by atoms with E-state index < -0.39 is 157 Å². The van der Waals surface area contributed by atoms with Crippen molar-refractivity contribution in [3.8, 4) is 11.5 Å². The predicted octanol–water partition coefficient (Wildman–Crippen LogP) is -3.36. The van der Waals surface area contributed by atoms with Crippen molar-refractivity contribution in [2.75, 3.05) is 13.1 Å². The minimum Gasteiger partial charge on any atom is -0.508 e. The Morgan fingerprint density at radius 3 is 1.46 bits per heavy atom. The summed E-state index contributed by atoms with van der Waals surface area (Å²) in [6.45, 7) is 6.13. The SMILES string of the molecule is CC[C@H](C)[C@H](NC(=O)CNC(=O)[C@H](Cc1ccc(O)cc1)NC(=O)[C@@H](N)CC(N)=O)C(=O)N[C@@H](Cc1ccc(O)cc1)C(=O)N[C@@H](CCCCN)C(=O)N[C@@H](CCC(N)=O)C(=O)N[C@@H](CC(=O)O)C(=O)N[C@@H](CC(C)C)C(=O)O. The summed E-state index contributed by atoms with van der Waals surface area (Å²) in [6.07, 6.45) is -2.28. The minimum absolute atomic E-state index is 0.0466. The largest absolute Gasteiger partial charge is 0.508 e. The number of amides is 10. The average Bonchev–Trinajstić information content (AvgIpc) is 3.37. The van der Waals surface area contributed by atoms with E-state index >= 15 is 0 Å². The van der Waals surface area contributed by atoms with Gasteiger partial charge in [0, 0.05) is 19.3 Å². The van der Waals surface area contributed by atoms with Gasteiger partial charge in [0.1, 0.15) is 53.8 Å². The molecule has 0 aliphatic heterocycles. The number of aromatic hydroxyl groups is 2. The van der Waals surface area contributed by atoms with Gasteiger partial charge in [0.05, 0.1) is 25.4 Å². The van der Waals surface area contributed by atoms with E-state index in [4.69, 9.17) is 22.9 Å². The van der Waals surface area contributed by atoms with Crippen molar-refractivity contribution in [2.45, 2.75) is 147 Å². The second-order valence-electron chi connectivity index (χ2n) is 19.4. The Balaban J connectivity index is 2.46. The van der Waals surface area contributed by atoms with Crippen molar-refractivity contribution in [2.24, 2.45) is 34.8 Å². The molecule has 436 valence electrons. The fourth-order valence-corrected chi connectivity index (χ4v) is 7.70. The van der Waals surface area contributed by atoms with Crippen molar-refractivity contribution in [1.82, 2.24) is 42.5 Å². The van der Waals surface area contributed by atoms with Gasteiger partial charge in [-0.15, -0.1) is 0 Å². The maximum absolute atomic E-state index is 14.4. The number of rotatable bonds is 36. The van der Waals surface area contributed by atoms with Crippen LogP contribution in [0.25, 0.3) is 0 Å². The van der Waals surface area contributed by atoms with E-state index in [1.54, 1.807) is 27.7 Å². The number of carboxylic acid groups (broad SMARTS) is 2. The topological polar surface area (TPSA) is 486 Å². The Morgan fingerprint density at radius 1 is 0.532 bits per heavy atom. The van der Waals surface area contributed by atoms with Crippen LogP contribution < -0.4 is 65.5 Å². The van der Waals surface area contributed by atoms with E-state index in [1.165, 1.54) is 48.5 Å². The summed E-state index contributed by atoms with van der Waals surface area (Å²) in [5.74, 6) is -13.7. The Bertz CT molecular complexity index is 2440. The Hall–Kier alpha value is -8.40. The number of aliphatic carboxylic acids is 2. The molecule has 0 fully saturated rings. The zero-order chi connectivity index (χ0) is 59.5. The number of carbonyl (C=O) groups excluding carboxylic acids is 10. The van der Waals surface area contributed by atoms with Crippen molar-refractivity contribution < 1.29 is 78.0 Å². The van der Waals surface area contributed by atoms with Crippen molar-refractivity contribution in [3.63, 3.8) is 0 Å². The lowest BCUT2D eigenvalue weighted by Gasteiger charge is -2.28. The average molecular weight is 1110 g/mol. The molecule has 28 heteroatoms. The van der Waals surface area contributed by atoms with Gasteiger partial charge in [0.2, 0.25) is 59.1 Å². The zero-order valence-corrected chi connectivity index (χ0v) is 44.6. The van der Waals surface area contributed by atoms with Gasteiger partial charge in [0.15, 0.2) is 0 Å². The highest BCUT2D eigenvalue weighted by molar-refractivity contribution is 5.98. The number of hydrogen-bond donors (Lipinski definition) is 16. The number of phenolic OH excluding ortho intramolecular Hbond substituents is 2. The Kier molecular flexibility index (Phi) is 28.4. The number of hydrogen-bond acceptors (Lipinski definition) is 16. The monoisotopic (exact) mass is 1110 g/mol. The number of unbranched alkanes of at least 4 members (excludes halogenated alkanes) is 1. The van der Waals surface area contributed by atoms with E-state index in [-0.39, 0.29) is 56.1 Å². The Morgan fingerprint density at radius 2 is 0.987 bits per heavy atom. The maximum atomic E-state index is 14.4. The molecule has 10 amide bonds. The lowest BCUT2D eigenvalue weighted by atomic mass is 9.97. The standard InChI is InChI=1S/C51H76N12O16/c1-5-27(4)43(63-41(68)25-56-45(72)35(21-28-9-13-30(64)14-10-28)59-44(71)32(53)23-40(55)67)50(77)61-36(22-29-11-15-31(65)16-12-29)48(75)57-33(8-6-7-19-52)46(73)58-34(17-18-39(54)66)47(74)60-37(24-42(69)70)49(76)62-38(51(78)79)20-26(2)3/h9-16,26-27,32-38,43,64-65H,5-8,17-25,52-53H2,1-4H3,(H2,54,66)(H2,55,67)(H,56,72)(H,57,75)(H,58,73)(H,59,71)(H,60,74)(H,61,77)(H,62,76)(H,63,68)(H,69,70)(H,78,79)/t27-,32-,33-,34-,35-,36-,37-,38-,43-/m0/s1. The van der Waals surface area contributed by atoms with Gasteiger partial charge in [-0.1, -0.05) is 58.4 Å². The third kappa shape index (κ3) is 25.1. The number of nitrogens with two attached hydrogens (primary N) is 4. The van der Waals surface area contributed by atoms with Crippen LogP contribution in [-0.4, -0.2) is 153 Å². The number of carbonyl (C=O) groups is 12. The van der Waals surface area contributed by atoms with Crippen LogP contribution in [0.2, 0.25) is 0 Å². The van der Waals surface area contributed by atoms with Gasteiger partial charge >= 0.3 is 11.9 Å². The summed E-state index contributed by atoms with van der Waals surface area (Å²) in [4.78, 5) is 157. The van der Waals surface area contributed by atoms with Crippen molar-refractivity contribution >= 4 is 71.0 Å². The number of phenols is 2. The molecular weight excluding hydrogens is 1040 g/mol. The zero-order valence-electron chi connectivity index (χ0n) is 44.6. The van der Waals surface area contributed by atoms with E-state index in [0.29, 0.717) is 24.0 Å². The van der Waals surface area contributed by atoms with Crippen LogP contribution in [0, 0.1) is 11.8 Å². The van der Waals surface area contributed by atoms with E-state index in [9.17, 15) is 78.0 Å². The van der Waals surface area contributed by atoms with Crippen LogP contribution in [0.3, 0.4) is 0 Å². The van der Waals surface area contributed by atoms with Crippen LogP contribution >= 0.6 is 0 Å². The first-order valence-corrected chi connectivity index (χ1v) is 25.6. The maximum Gasteiger partial charge on any atom is 0.326 e. The number of carboxylic acids is 2. The molecule has 20 N–H and O–H groups in total. The van der Waals surface area contributed by atoms with Crippen LogP contribution in [-0.2, 0) is 70.4 Å². The molecule has 0 saturated carbocycles. The van der Waals surface area contributed by atoms with Crippen LogP contribution in [0.4, 0.5) is 0 Å². The van der Waals surface area contributed by atoms with Crippen LogP contribution in [0.5, 0.6) is 11.5 Å². The molecule has 2 rings (SSSR count). The third-order valence-corrected chi connectivity index (χ3v) is 12.2. The quantitative estimate of drug-likeness (QED) is 0.0296. The fraction of sp³-hybridized carbons (Fsp3) is 0.529. The molecule has 2 aromatic rings. The summed E-state index contributed by atoms with van der Waals surface area (Å²) in [5.41, 5.74) is 22.9. The molecule has 0 unspecified atom stereocenters. The molecule has 79 heavy (non-hydrogen) atoms. The predicted molar refractivity (Wildman–Crippen MR) is 282 cm³/mol. The van der Waals surface area contributed by atoms with Gasteiger partial charge in [-0.05, 0) is 85.9 Å². The first-order valence-electron chi connectivity index (χ1n) is 25.6. The second kappa shape index (κ2) is 33.7. The summed E-state index contributed by atoms with van der Waals surface area (Å²) >= 11 is 0. The molecule has 0 bridgehead atoms. The minimum atomic E-state index is -1.87. The molecule has 28 nitrogen and oxygen atoms in total. The summed E-state index contributed by atoms with van der Waals surface area (Å²) < 4.78 is 0. The first kappa shape index (κ1) is 66.7. The lowest BCUT2D eigenvalue weighted by molar-refractivity contribution is -0.144. The molecule has 0 heterocycles. The molecule has 2 aromatic carbocycles. The van der Waals surface area contributed by atoms with Gasteiger partial charge in [-0.2, -0.15) is 0 Å². The van der Waals surface area contributed by atoms with Gasteiger partial charge < -0.3 is 85.9 Å². The normalized spacial score (nSPS) is 14.4. The van der Waals surface area contributed by atoms with Crippen LogP contribution in [0.15, 0.2) is 48.5 Å². The van der Waals surface area contributed by atoms with E-state index in [1.807, 2.05) is 0 Å². The molecule has 0 spiro atoms. The lowest BCUT2D eigenvalue weighted by Crippen LogP contribution is -2.60. The first-order chi connectivity index (χ1) is 37.1. The Labute approximate surface area is 456 Å². The number of nitrogens with one attached hydrogen (secondary N) is 8. The van der Waals surface area contributed by atoms with Gasteiger partial charge in [-0.3, -0.25) is 52.7 Å². The van der Waals surface area contributed by atoms with Gasteiger partial charge in [-0.25, -0.2) is 4.79 Å². The smallest absolute Gasteiger partial charge is 0.326 e. The summed E-state index contributed by atoms with van der Waals surface area (Å²) in [5, 5.41) is 58.4. The van der Waals surface area contributed by atoms with E-state index in [0.717, 1.165) is 0 Å². The molecule has 9 atom stereocenters.